The van der Waals surface area contributed by atoms with Crippen molar-refractivity contribution in [2.45, 2.75) is 26.2 Å². The summed E-state index contributed by atoms with van der Waals surface area (Å²) < 4.78 is 0. The first-order chi connectivity index (χ1) is 7.26. The first-order valence-corrected chi connectivity index (χ1v) is 5.41. The predicted molar refractivity (Wildman–Crippen MR) is 68.0 cm³/mol. The first-order valence-electron chi connectivity index (χ1n) is 5.41. The van der Waals surface area contributed by atoms with Crippen LogP contribution in [0.3, 0.4) is 0 Å². The zero-order valence-corrected chi connectivity index (χ0v) is 9.42. The Hall–Kier alpha value is -1.50. The second-order valence-electron chi connectivity index (χ2n) is 3.61. The molecule has 0 radical (unpaired) electrons. The van der Waals surface area contributed by atoms with Crippen LogP contribution in [0.1, 0.15) is 25.3 Å². The highest BCUT2D eigenvalue weighted by molar-refractivity contribution is 5.48. The average Bonchev–Trinajstić information content (AvgIpc) is 2.28. The monoisotopic (exact) mass is 201 g/mol. The van der Waals surface area contributed by atoms with E-state index in [4.69, 9.17) is 0 Å². The SMILES string of the molecule is C=CCCc1ccc(NC(=C)CC)cc1. The maximum absolute atomic E-state index is 3.92. The topological polar surface area (TPSA) is 12.0 Å². The van der Waals surface area contributed by atoms with Crippen molar-refractivity contribution in [2.75, 3.05) is 5.32 Å². The van der Waals surface area contributed by atoms with Crippen molar-refractivity contribution in [3.63, 3.8) is 0 Å². The van der Waals surface area contributed by atoms with E-state index >= 15 is 0 Å². The largest absolute Gasteiger partial charge is 0.359 e. The molecule has 1 aromatic rings. The molecule has 0 aromatic heterocycles. The maximum Gasteiger partial charge on any atom is 0.0381 e. The zero-order chi connectivity index (χ0) is 11.1. The molecule has 0 saturated heterocycles. The van der Waals surface area contributed by atoms with Crippen molar-refractivity contribution in [3.8, 4) is 0 Å². The summed E-state index contributed by atoms with van der Waals surface area (Å²) in [6.07, 6.45) is 5.01. The Morgan fingerprint density at radius 2 is 2.00 bits per heavy atom. The van der Waals surface area contributed by atoms with E-state index < -0.39 is 0 Å². The van der Waals surface area contributed by atoms with Gasteiger partial charge in [0.05, 0.1) is 0 Å². The third-order valence-electron chi connectivity index (χ3n) is 2.34. The molecule has 1 rings (SSSR count). The van der Waals surface area contributed by atoms with E-state index in [0.29, 0.717) is 0 Å². The predicted octanol–water partition coefficient (Wildman–Crippen LogP) is 4.14. The summed E-state index contributed by atoms with van der Waals surface area (Å²) in [7, 11) is 0. The summed E-state index contributed by atoms with van der Waals surface area (Å²) in [5.74, 6) is 0. The first kappa shape index (κ1) is 11.6. The van der Waals surface area contributed by atoms with Gasteiger partial charge in [-0.05, 0) is 37.0 Å². The van der Waals surface area contributed by atoms with E-state index in [-0.39, 0.29) is 0 Å². The molecule has 1 nitrogen and oxygen atoms in total. The lowest BCUT2D eigenvalue weighted by Gasteiger charge is -2.07. The standard InChI is InChI=1S/C14H19N/c1-4-6-7-13-8-10-14(11-9-13)15-12(3)5-2/h4,8-11,15H,1,3,5-7H2,2H3. The summed E-state index contributed by atoms with van der Waals surface area (Å²) in [5.41, 5.74) is 3.51. The molecule has 0 heterocycles. The lowest BCUT2D eigenvalue weighted by molar-refractivity contribution is 1.00. The minimum absolute atomic E-state index is 0.957. The molecule has 0 spiro atoms. The van der Waals surface area contributed by atoms with Gasteiger partial charge in [0, 0.05) is 11.4 Å². The van der Waals surface area contributed by atoms with Crippen LogP contribution in [0.15, 0.2) is 49.2 Å². The van der Waals surface area contributed by atoms with Crippen LogP contribution in [0.5, 0.6) is 0 Å². The van der Waals surface area contributed by atoms with Gasteiger partial charge >= 0.3 is 0 Å². The van der Waals surface area contributed by atoms with Crippen LogP contribution in [-0.2, 0) is 6.42 Å². The number of nitrogens with one attached hydrogen (secondary N) is 1. The smallest absolute Gasteiger partial charge is 0.0381 e. The van der Waals surface area contributed by atoms with Gasteiger partial charge in [0.25, 0.3) is 0 Å². The minimum atomic E-state index is 0.957. The normalized spacial score (nSPS) is 9.67. The van der Waals surface area contributed by atoms with Gasteiger partial charge in [-0.1, -0.05) is 31.7 Å². The van der Waals surface area contributed by atoms with E-state index in [1.807, 2.05) is 6.08 Å². The molecule has 0 aliphatic rings. The number of hydrogen-bond acceptors (Lipinski definition) is 1. The van der Waals surface area contributed by atoms with Crippen molar-refractivity contribution in [2.24, 2.45) is 0 Å². The van der Waals surface area contributed by atoms with Gasteiger partial charge in [-0.3, -0.25) is 0 Å². The van der Waals surface area contributed by atoms with Crippen LogP contribution in [0.25, 0.3) is 0 Å². The number of anilines is 1. The van der Waals surface area contributed by atoms with Gasteiger partial charge in [-0.25, -0.2) is 0 Å². The van der Waals surface area contributed by atoms with Gasteiger partial charge in [-0.15, -0.1) is 6.58 Å². The molecule has 0 atom stereocenters. The molecule has 0 amide bonds. The fourth-order valence-electron chi connectivity index (χ4n) is 1.32. The van der Waals surface area contributed by atoms with Crippen LogP contribution in [0.2, 0.25) is 0 Å². The number of benzene rings is 1. The Morgan fingerprint density at radius 1 is 1.33 bits per heavy atom. The molecule has 1 heteroatoms. The van der Waals surface area contributed by atoms with Crippen molar-refractivity contribution in [1.82, 2.24) is 0 Å². The maximum atomic E-state index is 3.92. The second kappa shape index (κ2) is 6.07. The molecular weight excluding hydrogens is 182 g/mol. The molecule has 0 fully saturated rings. The molecule has 0 aliphatic carbocycles. The number of allylic oxidation sites excluding steroid dienone is 2. The Labute approximate surface area is 92.5 Å². The van der Waals surface area contributed by atoms with Gasteiger partial charge in [0.1, 0.15) is 0 Å². The molecule has 1 N–H and O–H groups in total. The summed E-state index contributed by atoms with van der Waals surface area (Å²) >= 11 is 0. The van der Waals surface area contributed by atoms with Crippen LogP contribution in [0.4, 0.5) is 5.69 Å². The van der Waals surface area contributed by atoms with Crippen molar-refractivity contribution < 1.29 is 0 Å². The lowest BCUT2D eigenvalue weighted by atomic mass is 10.1. The Kier molecular flexibility index (Phi) is 4.69. The summed E-state index contributed by atoms with van der Waals surface area (Å²) in [5, 5.41) is 3.26. The van der Waals surface area contributed by atoms with Gasteiger partial charge < -0.3 is 5.32 Å². The summed E-state index contributed by atoms with van der Waals surface area (Å²) in [4.78, 5) is 0. The van der Waals surface area contributed by atoms with Crippen LogP contribution >= 0.6 is 0 Å². The zero-order valence-electron chi connectivity index (χ0n) is 9.42. The minimum Gasteiger partial charge on any atom is -0.359 e. The van der Waals surface area contributed by atoms with E-state index in [1.54, 1.807) is 0 Å². The average molecular weight is 201 g/mol. The molecule has 15 heavy (non-hydrogen) atoms. The third-order valence-corrected chi connectivity index (χ3v) is 2.34. The van der Waals surface area contributed by atoms with E-state index in [2.05, 4.69) is 49.7 Å². The number of rotatable bonds is 6. The molecular formula is C14H19N. The number of hydrogen-bond donors (Lipinski definition) is 1. The molecule has 0 aliphatic heterocycles. The van der Waals surface area contributed by atoms with Gasteiger partial charge in [0.15, 0.2) is 0 Å². The third kappa shape index (κ3) is 4.03. The highest BCUT2D eigenvalue weighted by Gasteiger charge is 1.94. The van der Waals surface area contributed by atoms with E-state index in [1.165, 1.54) is 5.56 Å². The van der Waals surface area contributed by atoms with Crippen molar-refractivity contribution in [1.29, 1.82) is 0 Å². The fraction of sp³-hybridized carbons (Fsp3) is 0.286. The molecule has 0 bridgehead atoms. The summed E-state index contributed by atoms with van der Waals surface area (Å²) in [6, 6.07) is 8.49. The highest BCUT2D eigenvalue weighted by Crippen LogP contribution is 2.13. The van der Waals surface area contributed by atoms with Gasteiger partial charge in [0.2, 0.25) is 0 Å². The van der Waals surface area contributed by atoms with Gasteiger partial charge in [-0.2, -0.15) is 0 Å². The highest BCUT2D eigenvalue weighted by atomic mass is 14.9. The Morgan fingerprint density at radius 3 is 2.53 bits per heavy atom. The second-order valence-corrected chi connectivity index (χ2v) is 3.61. The Balaban J connectivity index is 2.55. The van der Waals surface area contributed by atoms with Crippen molar-refractivity contribution >= 4 is 5.69 Å². The van der Waals surface area contributed by atoms with E-state index in [0.717, 1.165) is 30.6 Å². The summed E-state index contributed by atoms with van der Waals surface area (Å²) in [6.45, 7) is 9.73. The fourth-order valence-corrected chi connectivity index (χ4v) is 1.32. The molecule has 1 aromatic carbocycles. The lowest BCUT2D eigenvalue weighted by Crippen LogP contribution is -1.96. The molecule has 0 saturated carbocycles. The van der Waals surface area contributed by atoms with Crippen LogP contribution < -0.4 is 5.32 Å². The van der Waals surface area contributed by atoms with Crippen molar-refractivity contribution in [3.05, 3.63) is 54.8 Å². The molecule has 80 valence electrons. The molecule has 0 unspecified atom stereocenters. The quantitative estimate of drug-likeness (QED) is 0.682. The van der Waals surface area contributed by atoms with Crippen LogP contribution in [0, 0.1) is 0 Å². The van der Waals surface area contributed by atoms with Crippen LogP contribution in [-0.4, -0.2) is 0 Å². The number of aryl methyl sites for hydroxylation is 1. The van der Waals surface area contributed by atoms with E-state index in [9.17, 15) is 0 Å². The Bertz CT molecular complexity index is 322.